The number of alkyl halides is 2. The Kier molecular flexibility index (Phi) is 3.57. The molecule has 0 aliphatic carbocycles. The van der Waals surface area contributed by atoms with E-state index in [4.69, 9.17) is 5.11 Å². The highest BCUT2D eigenvalue weighted by Crippen LogP contribution is 2.36. The number of hydrogen-bond donors (Lipinski definition) is 1. The first kappa shape index (κ1) is 13.0. The molecular formula is C9H5BrF4O2. The molecule has 0 aromatic heterocycles. The number of carbonyl (C=O) groups is 1. The van der Waals surface area contributed by atoms with E-state index in [2.05, 4.69) is 15.9 Å². The number of rotatable bonds is 3. The van der Waals surface area contributed by atoms with Crippen molar-refractivity contribution in [3.63, 3.8) is 0 Å². The van der Waals surface area contributed by atoms with E-state index >= 15 is 0 Å². The molecule has 1 N–H and O–H groups in total. The van der Waals surface area contributed by atoms with Crippen LogP contribution in [-0.2, 0) is 10.7 Å². The van der Waals surface area contributed by atoms with Crippen LogP contribution in [0, 0.1) is 11.6 Å². The van der Waals surface area contributed by atoms with Crippen LogP contribution in [0.5, 0.6) is 0 Å². The van der Waals surface area contributed by atoms with E-state index in [-0.39, 0.29) is 0 Å². The summed E-state index contributed by atoms with van der Waals surface area (Å²) < 4.78 is 51.7. The molecule has 0 unspecified atom stereocenters. The third-order valence-corrected chi connectivity index (χ3v) is 2.53. The second-order valence-corrected chi connectivity index (χ2v) is 3.79. The summed E-state index contributed by atoms with van der Waals surface area (Å²) in [4.78, 5) is 10.2. The smallest absolute Gasteiger partial charge is 0.309 e. The van der Waals surface area contributed by atoms with Crippen LogP contribution in [0.2, 0.25) is 0 Å². The lowest BCUT2D eigenvalue weighted by molar-refractivity contribution is -0.145. The Morgan fingerprint density at radius 3 is 2.44 bits per heavy atom. The maximum Gasteiger partial charge on any atom is 0.309 e. The highest BCUT2D eigenvalue weighted by Gasteiger charge is 2.38. The third kappa shape index (κ3) is 2.52. The highest BCUT2D eigenvalue weighted by atomic mass is 79.9. The standard InChI is InChI=1S/C9H5BrF4O2/c10-7-5(11)2-1-4(8(7)12)9(13,14)3-6(15)16/h1-2H,3H2,(H,15,16). The van der Waals surface area contributed by atoms with E-state index in [1.54, 1.807) is 0 Å². The first-order valence-corrected chi connectivity index (χ1v) is 4.78. The molecule has 0 bridgehead atoms. The van der Waals surface area contributed by atoms with Crippen molar-refractivity contribution in [2.75, 3.05) is 0 Å². The summed E-state index contributed by atoms with van der Waals surface area (Å²) in [5.74, 6) is -8.19. The van der Waals surface area contributed by atoms with Gasteiger partial charge in [0, 0.05) is 0 Å². The van der Waals surface area contributed by atoms with Crippen molar-refractivity contribution in [1.82, 2.24) is 0 Å². The Labute approximate surface area is 96.0 Å². The number of benzene rings is 1. The van der Waals surface area contributed by atoms with Gasteiger partial charge in [0.05, 0.1) is 10.0 Å². The van der Waals surface area contributed by atoms with Crippen molar-refractivity contribution in [1.29, 1.82) is 0 Å². The third-order valence-electron chi connectivity index (χ3n) is 1.80. The minimum absolute atomic E-state index is 0.526. The van der Waals surface area contributed by atoms with Crippen LogP contribution in [-0.4, -0.2) is 11.1 Å². The molecule has 0 fully saturated rings. The molecule has 0 aliphatic rings. The molecular weight excluding hydrogens is 296 g/mol. The lowest BCUT2D eigenvalue weighted by Crippen LogP contribution is -2.20. The zero-order valence-electron chi connectivity index (χ0n) is 7.61. The Morgan fingerprint density at radius 2 is 1.94 bits per heavy atom. The van der Waals surface area contributed by atoms with Gasteiger partial charge in [-0.1, -0.05) is 0 Å². The van der Waals surface area contributed by atoms with Gasteiger partial charge in [0.1, 0.15) is 18.1 Å². The first-order valence-electron chi connectivity index (χ1n) is 3.99. The maximum absolute atomic E-state index is 13.2. The highest BCUT2D eigenvalue weighted by molar-refractivity contribution is 9.10. The zero-order valence-corrected chi connectivity index (χ0v) is 9.19. The molecule has 7 heteroatoms. The van der Waals surface area contributed by atoms with Crippen LogP contribution in [0.4, 0.5) is 17.6 Å². The molecule has 1 aromatic rings. The molecule has 1 aromatic carbocycles. The molecule has 0 amide bonds. The van der Waals surface area contributed by atoms with Gasteiger partial charge in [-0.3, -0.25) is 4.79 Å². The zero-order chi connectivity index (χ0) is 12.5. The van der Waals surface area contributed by atoms with Gasteiger partial charge in [0.15, 0.2) is 0 Å². The minimum Gasteiger partial charge on any atom is -0.481 e. The number of hydrogen-bond acceptors (Lipinski definition) is 1. The lowest BCUT2D eigenvalue weighted by atomic mass is 10.0. The summed E-state index contributed by atoms with van der Waals surface area (Å²) >= 11 is 2.46. The fourth-order valence-corrected chi connectivity index (χ4v) is 1.44. The molecule has 1 rings (SSSR count). The predicted octanol–water partition coefficient (Wildman–Crippen LogP) is 3.29. The number of halogens is 5. The number of carboxylic acids is 1. The van der Waals surface area contributed by atoms with Crippen molar-refractivity contribution in [2.24, 2.45) is 0 Å². The normalized spacial score (nSPS) is 11.6. The van der Waals surface area contributed by atoms with Crippen molar-refractivity contribution in [3.8, 4) is 0 Å². The fraction of sp³-hybridized carbons (Fsp3) is 0.222. The van der Waals surface area contributed by atoms with Gasteiger partial charge >= 0.3 is 5.97 Å². The average Bonchev–Trinajstić information content (AvgIpc) is 2.11. The summed E-state index contributed by atoms with van der Waals surface area (Å²) in [5.41, 5.74) is -1.15. The number of carboxylic acid groups (broad SMARTS) is 1. The maximum atomic E-state index is 13.2. The minimum atomic E-state index is -3.88. The van der Waals surface area contributed by atoms with Gasteiger partial charge < -0.3 is 5.11 Å². The molecule has 0 spiro atoms. The van der Waals surface area contributed by atoms with Crippen LogP contribution >= 0.6 is 15.9 Å². The van der Waals surface area contributed by atoms with Gasteiger partial charge in [0.2, 0.25) is 0 Å². The summed E-state index contributed by atoms with van der Waals surface area (Å²) in [7, 11) is 0. The molecule has 0 saturated carbocycles. The summed E-state index contributed by atoms with van der Waals surface area (Å²) in [5, 5.41) is 8.24. The van der Waals surface area contributed by atoms with Gasteiger partial charge in [0.25, 0.3) is 5.92 Å². The van der Waals surface area contributed by atoms with Crippen molar-refractivity contribution >= 4 is 21.9 Å². The molecule has 0 aliphatic heterocycles. The van der Waals surface area contributed by atoms with E-state index in [1.165, 1.54) is 0 Å². The molecule has 2 nitrogen and oxygen atoms in total. The monoisotopic (exact) mass is 300 g/mol. The van der Waals surface area contributed by atoms with E-state index in [0.717, 1.165) is 0 Å². The van der Waals surface area contributed by atoms with E-state index < -0.39 is 40.0 Å². The quantitative estimate of drug-likeness (QED) is 0.687. The van der Waals surface area contributed by atoms with E-state index in [1.807, 2.05) is 0 Å². The molecule has 0 atom stereocenters. The number of aliphatic carboxylic acids is 1. The van der Waals surface area contributed by atoms with Gasteiger partial charge in [-0.25, -0.2) is 17.6 Å². The van der Waals surface area contributed by atoms with Gasteiger partial charge in [-0.2, -0.15) is 0 Å². The largest absolute Gasteiger partial charge is 0.481 e. The van der Waals surface area contributed by atoms with Crippen molar-refractivity contribution in [2.45, 2.75) is 12.3 Å². The van der Waals surface area contributed by atoms with Crippen molar-refractivity contribution < 1.29 is 27.5 Å². The summed E-state index contributed by atoms with van der Waals surface area (Å²) in [6.07, 6.45) is -1.55. The molecule has 0 radical (unpaired) electrons. The van der Waals surface area contributed by atoms with Crippen LogP contribution in [0.3, 0.4) is 0 Å². The van der Waals surface area contributed by atoms with E-state index in [0.29, 0.717) is 12.1 Å². The summed E-state index contributed by atoms with van der Waals surface area (Å²) in [6, 6.07) is 1.16. The van der Waals surface area contributed by atoms with Crippen LogP contribution < -0.4 is 0 Å². The Bertz CT molecular complexity index is 434. The van der Waals surface area contributed by atoms with Gasteiger partial charge in [-0.05, 0) is 28.1 Å². The molecule has 16 heavy (non-hydrogen) atoms. The van der Waals surface area contributed by atoms with Crippen LogP contribution in [0.25, 0.3) is 0 Å². The topological polar surface area (TPSA) is 37.3 Å². The second-order valence-electron chi connectivity index (χ2n) is 3.00. The SMILES string of the molecule is O=C(O)CC(F)(F)c1ccc(F)c(Br)c1F. The molecule has 88 valence electrons. The second kappa shape index (κ2) is 4.40. The first-order chi connectivity index (χ1) is 7.25. The van der Waals surface area contributed by atoms with Crippen molar-refractivity contribution in [3.05, 3.63) is 33.8 Å². The Hall–Kier alpha value is -1.11. The lowest BCUT2D eigenvalue weighted by Gasteiger charge is -2.15. The molecule has 0 heterocycles. The van der Waals surface area contributed by atoms with E-state index in [9.17, 15) is 22.4 Å². The molecule has 0 saturated heterocycles. The summed E-state index contributed by atoms with van der Waals surface area (Å²) in [6.45, 7) is 0. The van der Waals surface area contributed by atoms with Crippen LogP contribution in [0.1, 0.15) is 12.0 Å². The average molecular weight is 301 g/mol. The van der Waals surface area contributed by atoms with Crippen LogP contribution in [0.15, 0.2) is 16.6 Å². The predicted molar refractivity (Wildman–Crippen MR) is 50.2 cm³/mol. The van der Waals surface area contributed by atoms with Gasteiger partial charge in [-0.15, -0.1) is 0 Å². The fourth-order valence-electron chi connectivity index (χ4n) is 1.09. The Balaban J connectivity index is 3.23. The Morgan fingerprint density at radius 1 is 1.38 bits per heavy atom.